The molecule has 8 nitrogen and oxygen atoms in total. The van der Waals surface area contributed by atoms with Gasteiger partial charge in [0, 0.05) is 18.1 Å². The molecule has 3 heterocycles. The highest BCUT2D eigenvalue weighted by molar-refractivity contribution is 7.14. The number of halogens is 1. The Morgan fingerprint density at radius 2 is 2.20 bits per heavy atom. The topological polar surface area (TPSA) is 124 Å². The average Bonchev–Trinajstić information content (AvgIpc) is 3.30. The number of amides is 1. The minimum absolute atomic E-state index is 0.0172. The number of carbonyl (C=O) groups is 1. The number of hydrogen-bond acceptors (Lipinski definition) is 8. The number of primary amides is 1. The van der Waals surface area contributed by atoms with Crippen LogP contribution in [0, 0.1) is 18.8 Å². The zero-order valence-corrected chi connectivity index (χ0v) is 17.1. The standard InChI is InChI=1S/C20H17FN4O4S/c1-10-23-18(25-29-10)20(3,27)7-6-11-4-5-13-12(8-11)14-15(19(2,21)9-28-13)30-17(24-14)16(22)26/h4-5,8,27H,9H2,1-3H3,(H2,22,26)/t19-,20+/m0/s1. The van der Waals surface area contributed by atoms with Gasteiger partial charge < -0.3 is 20.1 Å². The molecule has 0 spiro atoms. The zero-order valence-electron chi connectivity index (χ0n) is 16.3. The van der Waals surface area contributed by atoms with E-state index >= 15 is 4.39 Å². The van der Waals surface area contributed by atoms with Crippen LogP contribution < -0.4 is 10.5 Å². The van der Waals surface area contributed by atoms with Gasteiger partial charge in [0.15, 0.2) is 16.3 Å². The predicted molar refractivity (Wildman–Crippen MR) is 106 cm³/mol. The van der Waals surface area contributed by atoms with E-state index < -0.39 is 17.2 Å². The molecule has 0 fully saturated rings. The van der Waals surface area contributed by atoms with Crippen LogP contribution in [0.3, 0.4) is 0 Å². The number of alkyl halides is 1. The fourth-order valence-electron chi connectivity index (χ4n) is 2.91. The summed E-state index contributed by atoms with van der Waals surface area (Å²) in [7, 11) is 0. The molecule has 0 radical (unpaired) electrons. The maximum Gasteiger partial charge on any atom is 0.277 e. The molecule has 2 aromatic heterocycles. The predicted octanol–water partition coefficient (Wildman–Crippen LogP) is 2.44. The summed E-state index contributed by atoms with van der Waals surface area (Å²) in [4.78, 5) is 20.1. The van der Waals surface area contributed by atoms with E-state index in [1.54, 1.807) is 25.1 Å². The SMILES string of the molecule is Cc1nc([C@](C)(O)C#Cc2ccc3c(c2)-c2nc(C(N)=O)sc2[C@@](C)(F)CO3)no1. The summed E-state index contributed by atoms with van der Waals surface area (Å²) >= 11 is 0.907. The number of aryl methyl sites for hydroxylation is 1. The molecule has 0 bridgehead atoms. The Morgan fingerprint density at radius 1 is 1.43 bits per heavy atom. The van der Waals surface area contributed by atoms with Crippen molar-refractivity contribution < 1.29 is 23.6 Å². The Morgan fingerprint density at radius 3 is 2.87 bits per heavy atom. The van der Waals surface area contributed by atoms with Gasteiger partial charge in [-0.25, -0.2) is 9.37 Å². The van der Waals surface area contributed by atoms with Gasteiger partial charge in [0.2, 0.25) is 11.7 Å². The first kappa shape index (κ1) is 20.0. The third kappa shape index (κ3) is 3.53. The van der Waals surface area contributed by atoms with E-state index in [2.05, 4.69) is 27.0 Å². The minimum atomic E-state index is -1.84. The molecule has 0 aliphatic carbocycles. The summed E-state index contributed by atoms with van der Waals surface area (Å²) < 4.78 is 25.7. The Labute approximate surface area is 174 Å². The lowest BCUT2D eigenvalue weighted by molar-refractivity contribution is 0.0999. The number of carbonyl (C=O) groups excluding carboxylic acids is 1. The smallest absolute Gasteiger partial charge is 0.277 e. The molecule has 1 amide bonds. The van der Waals surface area contributed by atoms with Crippen molar-refractivity contribution in [2.24, 2.45) is 5.73 Å². The van der Waals surface area contributed by atoms with Crippen LogP contribution in [-0.2, 0) is 11.3 Å². The molecule has 154 valence electrons. The second kappa shape index (κ2) is 6.90. The molecule has 1 aromatic carbocycles. The van der Waals surface area contributed by atoms with Gasteiger partial charge in [-0.15, -0.1) is 11.3 Å². The third-order valence-corrected chi connectivity index (χ3v) is 5.77. The number of nitrogens with two attached hydrogens (primary N) is 1. The summed E-state index contributed by atoms with van der Waals surface area (Å²) in [6, 6.07) is 4.97. The largest absolute Gasteiger partial charge is 0.489 e. The molecule has 2 atom stereocenters. The minimum Gasteiger partial charge on any atom is -0.489 e. The molecule has 10 heteroatoms. The lowest BCUT2D eigenvalue weighted by atomic mass is 10.0. The van der Waals surface area contributed by atoms with Gasteiger partial charge in [0.05, 0.1) is 10.6 Å². The van der Waals surface area contributed by atoms with Crippen molar-refractivity contribution in [3.63, 3.8) is 0 Å². The lowest BCUT2D eigenvalue weighted by Crippen LogP contribution is -2.22. The van der Waals surface area contributed by atoms with Crippen molar-refractivity contribution in [3.05, 3.63) is 45.4 Å². The van der Waals surface area contributed by atoms with Gasteiger partial charge in [-0.1, -0.05) is 17.0 Å². The summed E-state index contributed by atoms with van der Waals surface area (Å²) in [6.45, 7) is 4.19. The number of hydrogen-bond donors (Lipinski definition) is 2. The monoisotopic (exact) mass is 428 g/mol. The fourth-order valence-corrected chi connectivity index (χ4v) is 3.86. The van der Waals surface area contributed by atoms with Gasteiger partial charge in [-0.05, 0) is 32.0 Å². The van der Waals surface area contributed by atoms with E-state index in [9.17, 15) is 9.90 Å². The number of aromatic nitrogens is 3. The average molecular weight is 428 g/mol. The Kier molecular flexibility index (Phi) is 4.60. The van der Waals surface area contributed by atoms with Crippen molar-refractivity contribution in [3.8, 4) is 28.8 Å². The highest BCUT2D eigenvalue weighted by Crippen LogP contribution is 2.45. The van der Waals surface area contributed by atoms with Crippen molar-refractivity contribution in [1.82, 2.24) is 15.1 Å². The molecular formula is C20H17FN4O4S. The number of aliphatic hydroxyl groups is 1. The Balaban J connectivity index is 1.78. The number of thiazole rings is 1. The summed E-state index contributed by atoms with van der Waals surface area (Å²) in [5.74, 6) is 5.60. The molecule has 1 aliphatic rings. The second-order valence-corrected chi connectivity index (χ2v) is 8.22. The van der Waals surface area contributed by atoms with E-state index in [1.807, 2.05) is 0 Å². The zero-order chi connectivity index (χ0) is 21.7. The molecule has 30 heavy (non-hydrogen) atoms. The number of benzene rings is 1. The van der Waals surface area contributed by atoms with Crippen LogP contribution in [0.5, 0.6) is 5.75 Å². The lowest BCUT2D eigenvalue weighted by Gasteiger charge is -2.16. The van der Waals surface area contributed by atoms with Gasteiger partial charge in [0.25, 0.3) is 5.91 Å². The van der Waals surface area contributed by atoms with Crippen LogP contribution in [0.4, 0.5) is 4.39 Å². The number of nitrogens with zero attached hydrogens (tertiary/aromatic N) is 3. The Bertz CT molecular complexity index is 1220. The second-order valence-electron chi connectivity index (χ2n) is 7.22. The van der Waals surface area contributed by atoms with Crippen LogP contribution in [0.2, 0.25) is 0 Å². The van der Waals surface area contributed by atoms with Gasteiger partial charge in [-0.3, -0.25) is 4.79 Å². The molecule has 0 saturated carbocycles. The van der Waals surface area contributed by atoms with Gasteiger partial charge >= 0.3 is 0 Å². The normalized spacial score (nSPS) is 19.4. The highest BCUT2D eigenvalue weighted by atomic mass is 32.1. The van der Waals surface area contributed by atoms with E-state index in [4.69, 9.17) is 15.0 Å². The van der Waals surface area contributed by atoms with Crippen LogP contribution in [0.1, 0.15) is 45.8 Å². The van der Waals surface area contributed by atoms with Crippen LogP contribution in [0.25, 0.3) is 11.3 Å². The van der Waals surface area contributed by atoms with Gasteiger partial charge in [0.1, 0.15) is 12.4 Å². The summed E-state index contributed by atoms with van der Waals surface area (Å²) in [6.07, 6.45) is 0. The maximum atomic E-state index is 15.2. The Hall–Kier alpha value is -3.29. The van der Waals surface area contributed by atoms with Crippen molar-refractivity contribution >= 4 is 17.2 Å². The summed E-state index contributed by atoms with van der Waals surface area (Å²) in [5, 5.41) is 14.3. The first-order valence-corrected chi connectivity index (χ1v) is 9.72. The van der Waals surface area contributed by atoms with E-state index in [0.29, 0.717) is 22.8 Å². The van der Waals surface area contributed by atoms with Crippen LogP contribution >= 0.6 is 11.3 Å². The van der Waals surface area contributed by atoms with E-state index in [1.165, 1.54) is 13.8 Å². The first-order valence-electron chi connectivity index (χ1n) is 8.90. The number of ether oxygens (including phenoxy) is 1. The van der Waals surface area contributed by atoms with Crippen molar-refractivity contribution in [2.45, 2.75) is 32.0 Å². The molecule has 1 aliphatic heterocycles. The molecular weight excluding hydrogens is 411 g/mol. The van der Waals surface area contributed by atoms with Crippen molar-refractivity contribution in [1.29, 1.82) is 0 Å². The van der Waals surface area contributed by atoms with Crippen LogP contribution in [-0.4, -0.2) is 32.7 Å². The van der Waals surface area contributed by atoms with Gasteiger partial charge in [-0.2, -0.15) is 4.98 Å². The number of fused-ring (bicyclic) bond motifs is 3. The summed E-state index contributed by atoms with van der Waals surface area (Å²) in [5.41, 5.74) is 3.15. The molecule has 0 saturated heterocycles. The molecule has 3 N–H and O–H groups in total. The fraction of sp³-hybridized carbons (Fsp3) is 0.300. The molecule has 0 unspecified atom stereocenters. The van der Waals surface area contributed by atoms with E-state index in [-0.39, 0.29) is 28.0 Å². The highest BCUT2D eigenvalue weighted by Gasteiger charge is 2.38. The maximum absolute atomic E-state index is 15.2. The van der Waals surface area contributed by atoms with E-state index in [0.717, 1.165) is 11.3 Å². The first-order chi connectivity index (χ1) is 14.1. The third-order valence-electron chi connectivity index (χ3n) is 4.46. The number of rotatable bonds is 2. The molecule has 4 rings (SSSR count). The molecule has 3 aromatic rings. The van der Waals surface area contributed by atoms with Crippen molar-refractivity contribution in [2.75, 3.05) is 6.61 Å². The quantitative estimate of drug-likeness (QED) is 0.601. The van der Waals surface area contributed by atoms with Crippen LogP contribution in [0.15, 0.2) is 22.7 Å².